The van der Waals surface area contributed by atoms with Gasteiger partial charge in [0.1, 0.15) is 11.6 Å². The molecule has 0 bridgehead atoms. The molecule has 192 valence electrons. The molecule has 1 atom stereocenters. The van der Waals surface area contributed by atoms with E-state index in [2.05, 4.69) is 4.90 Å². The molecule has 1 aliphatic heterocycles. The van der Waals surface area contributed by atoms with Crippen LogP contribution in [0, 0.1) is 0 Å². The molecule has 0 aliphatic carbocycles. The molecule has 1 saturated heterocycles. The zero-order chi connectivity index (χ0) is 26.1. The molecule has 0 radical (unpaired) electrons. The second-order valence-electron chi connectivity index (χ2n) is 9.30. The van der Waals surface area contributed by atoms with Crippen LogP contribution in [-0.2, 0) is 4.79 Å². The van der Waals surface area contributed by atoms with Crippen LogP contribution in [0.1, 0.15) is 20.3 Å². The van der Waals surface area contributed by atoms with Gasteiger partial charge in [-0.05, 0) is 59.5 Å². The zero-order valence-electron chi connectivity index (χ0n) is 20.8. The van der Waals surface area contributed by atoms with Crippen molar-refractivity contribution in [2.24, 2.45) is 0 Å². The van der Waals surface area contributed by atoms with Crippen molar-refractivity contribution >= 4 is 33.4 Å². The summed E-state index contributed by atoms with van der Waals surface area (Å²) in [5, 5.41) is 31.6. The molecule has 1 amide bonds. The molecule has 5 rings (SSSR count). The number of ether oxygens (including phenoxy) is 1. The van der Waals surface area contributed by atoms with E-state index in [1.54, 1.807) is 12.1 Å². The summed E-state index contributed by atoms with van der Waals surface area (Å²) in [6.45, 7) is 5.64. The predicted octanol–water partition coefficient (Wildman–Crippen LogP) is 3.29. The van der Waals surface area contributed by atoms with E-state index < -0.39 is 12.2 Å². The van der Waals surface area contributed by atoms with Gasteiger partial charge in [-0.15, -0.1) is 0 Å². The highest BCUT2D eigenvalue weighted by Gasteiger charge is 2.27. The van der Waals surface area contributed by atoms with Gasteiger partial charge in [0, 0.05) is 31.6 Å². The third-order valence-electron chi connectivity index (χ3n) is 6.81. The molecule has 4 aromatic rings. The monoisotopic (exact) mass is 502 g/mol. The second-order valence-corrected chi connectivity index (χ2v) is 9.30. The largest absolute Gasteiger partial charge is 0.508 e. The van der Waals surface area contributed by atoms with Gasteiger partial charge in [0.05, 0.1) is 11.6 Å². The van der Waals surface area contributed by atoms with Gasteiger partial charge in [-0.2, -0.15) is 9.97 Å². The van der Waals surface area contributed by atoms with Crippen LogP contribution in [0.3, 0.4) is 0 Å². The number of aromatic nitrogens is 2. The maximum Gasteiger partial charge on any atom is 0.319 e. The number of piperazine rings is 1. The number of aliphatic hydroxyl groups is 2. The van der Waals surface area contributed by atoms with E-state index in [4.69, 9.17) is 14.7 Å². The number of carbonyl (C=O) groups is 1. The number of amides is 1. The van der Waals surface area contributed by atoms with Crippen molar-refractivity contribution < 1.29 is 24.9 Å². The molecule has 0 unspecified atom stereocenters. The van der Waals surface area contributed by atoms with Crippen LogP contribution < -0.4 is 9.64 Å². The first-order valence-corrected chi connectivity index (χ1v) is 12.4. The number of phenolic OH excluding ortho intramolecular Hbond substituents is 1. The lowest BCUT2D eigenvalue weighted by atomic mass is 9.97. The minimum Gasteiger partial charge on any atom is -0.508 e. The number of nitrogens with zero attached hydrogens (tertiary/aromatic N) is 4. The summed E-state index contributed by atoms with van der Waals surface area (Å²) >= 11 is 0. The summed E-state index contributed by atoms with van der Waals surface area (Å²) in [6, 6.07) is 17.6. The van der Waals surface area contributed by atoms with Crippen LogP contribution in [0.25, 0.3) is 32.8 Å². The lowest BCUT2D eigenvalue weighted by Crippen LogP contribution is -2.51. The Morgan fingerprint density at radius 3 is 2.49 bits per heavy atom. The van der Waals surface area contributed by atoms with E-state index in [0.717, 1.165) is 33.7 Å². The van der Waals surface area contributed by atoms with Crippen LogP contribution in [0.15, 0.2) is 54.6 Å². The van der Waals surface area contributed by atoms with Crippen LogP contribution in [-0.4, -0.2) is 74.7 Å². The van der Waals surface area contributed by atoms with Gasteiger partial charge in [0.2, 0.25) is 6.29 Å². The number of anilines is 1. The topological polar surface area (TPSA) is 119 Å². The highest BCUT2D eigenvalue weighted by Crippen LogP contribution is 2.36. The van der Waals surface area contributed by atoms with Gasteiger partial charge in [0.25, 0.3) is 5.91 Å². The molecule has 37 heavy (non-hydrogen) atoms. The molecule has 2 heterocycles. The van der Waals surface area contributed by atoms with Crippen LogP contribution in [0.2, 0.25) is 0 Å². The number of aliphatic hydroxyl groups excluding tert-OH is 1. The molecule has 3 aromatic carbocycles. The predicted molar refractivity (Wildman–Crippen MR) is 142 cm³/mol. The van der Waals surface area contributed by atoms with Crippen molar-refractivity contribution in [2.75, 3.05) is 31.1 Å². The molecule has 9 nitrogen and oxygen atoms in total. The fourth-order valence-corrected chi connectivity index (χ4v) is 4.65. The third-order valence-corrected chi connectivity index (χ3v) is 6.81. The Balaban J connectivity index is 1.57. The Hall–Kier alpha value is -3.95. The van der Waals surface area contributed by atoms with Crippen molar-refractivity contribution in [3.8, 4) is 22.9 Å². The van der Waals surface area contributed by atoms with Gasteiger partial charge >= 0.3 is 6.01 Å². The molecular weight excluding hydrogens is 472 g/mol. The fraction of sp³-hybridized carbons (Fsp3) is 0.321. The number of aromatic hydroxyl groups is 1. The van der Waals surface area contributed by atoms with Gasteiger partial charge in [0.15, 0.2) is 0 Å². The molecule has 1 aromatic heterocycles. The summed E-state index contributed by atoms with van der Waals surface area (Å²) in [6.07, 6.45) is -1.27. The summed E-state index contributed by atoms with van der Waals surface area (Å²) in [5.41, 5.74) is 2.51. The van der Waals surface area contributed by atoms with Gasteiger partial charge in [-0.3, -0.25) is 4.79 Å². The Kier molecular flexibility index (Phi) is 6.82. The summed E-state index contributed by atoms with van der Waals surface area (Å²) in [5.74, 6) is 0.196. The SMILES string of the molecule is CC[C@@H](C)Oc1nc(N2CCN(C(=O)C(O)O)CC2)c2ccc(-c3cc(O)cc4ccccc34)cc2n1. The summed E-state index contributed by atoms with van der Waals surface area (Å²) in [4.78, 5) is 24.9. The number of hydrogen-bond acceptors (Lipinski definition) is 8. The summed E-state index contributed by atoms with van der Waals surface area (Å²) in [7, 11) is 0. The van der Waals surface area contributed by atoms with E-state index >= 15 is 0 Å². The molecule has 0 saturated carbocycles. The first-order chi connectivity index (χ1) is 17.8. The fourth-order valence-electron chi connectivity index (χ4n) is 4.65. The number of carbonyl (C=O) groups excluding carboxylic acids is 1. The molecular formula is C28H30N4O5. The number of benzene rings is 3. The van der Waals surface area contributed by atoms with E-state index in [9.17, 15) is 20.1 Å². The van der Waals surface area contributed by atoms with Crippen LogP contribution >= 0.6 is 0 Å². The number of phenols is 1. The van der Waals surface area contributed by atoms with Crippen molar-refractivity contribution in [3.63, 3.8) is 0 Å². The van der Waals surface area contributed by atoms with E-state index in [1.165, 1.54) is 4.90 Å². The van der Waals surface area contributed by atoms with Crippen molar-refractivity contribution in [1.82, 2.24) is 14.9 Å². The summed E-state index contributed by atoms with van der Waals surface area (Å²) < 4.78 is 6.01. The Morgan fingerprint density at radius 2 is 1.76 bits per heavy atom. The molecule has 3 N–H and O–H groups in total. The van der Waals surface area contributed by atoms with Crippen LogP contribution in [0.5, 0.6) is 11.8 Å². The Labute approximate surface area is 214 Å². The quantitative estimate of drug-likeness (QED) is 0.344. The normalized spacial score (nSPS) is 14.9. The van der Waals surface area contributed by atoms with Crippen molar-refractivity contribution in [3.05, 3.63) is 54.6 Å². The number of hydrogen-bond donors (Lipinski definition) is 3. The molecule has 1 fully saturated rings. The Morgan fingerprint density at radius 1 is 1.00 bits per heavy atom. The van der Waals surface area contributed by atoms with Gasteiger partial charge < -0.3 is 29.9 Å². The van der Waals surface area contributed by atoms with E-state index in [-0.39, 0.29) is 17.9 Å². The average molecular weight is 503 g/mol. The first kappa shape index (κ1) is 24.7. The smallest absolute Gasteiger partial charge is 0.319 e. The van der Waals surface area contributed by atoms with Crippen molar-refractivity contribution in [1.29, 1.82) is 0 Å². The third kappa shape index (κ3) is 5.00. The number of rotatable bonds is 6. The average Bonchev–Trinajstić information content (AvgIpc) is 2.91. The first-order valence-electron chi connectivity index (χ1n) is 12.4. The standard InChI is InChI=1S/C28H30N4O5/c1-3-17(2)37-28-29-24-15-19(23-16-20(33)14-18-6-4-5-7-21(18)23)8-9-22(24)25(30-28)31-10-12-32(13-11-31)26(34)27(35)36/h4-9,14-17,27,33,35-36H,3,10-13H2,1-2H3/t17-/m1/s1. The zero-order valence-corrected chi connectivity index (χ0v) is 20.8. The number of fused-ring (bicyclic) bond motifs is 2. The highest BCUT2D eigenvalue weighted by molar-refractivity contribution is 6.01. The Bertz CT molecular complexity index is 1450. The lowest BCUT2D eigenvalue weighted by Gasteiger charge is -2.36. The lowest BCUT2D eigenvalue weighted by molar-refractivity contribution is -0.159. The minimum atomic E-state index is -2.01. The molecule has 9 heteroatoms. The van der Waals surface area contributed by atoms with E-state index in [0.29, 0.717) is 37.5 Å². The second kappa shape index (κ2) is 10.2. The maximum atomic E-state index is 12.0. The van der Waals surface area contributed by atoms with E-state index in [1.807, 2.05) is 56.3 Å². The maximum absolute atomic E-state index is 12.0. The van der Waals surface area contributed by atoms with Crippen molar-refractivity contribution in [2.45, 2.75) is 32.7 Å². The minimum absolute atomic E-state index is 0.0657. The van der Waals surface area contributed by atoms with Gasteiger partial charge in [-0.25, -0.2) is 0 Å². The highest BCUT2D eigenvalue weighted by atomic mass is 16.5. The molecule has 0 spiro atoms. The van der Waals surface area contributed by atoms with Crippen LogP contribution in [0.4, 0.5) is 5.82 Å². The van der Waals surface area contributed by atoms with Gasteiger partial charge in [-0.1, -0.05) is 37.3 Å². The molecule has 1 aliphatic rings.